The summed E-state index contributed by atoms with van der Waals surface area (Å²) in [5, 5.41) is 7.40. The molecule has 0 aliphatic rings. The summed E-state index contributed by atoms with van der Waals surface area (Å²) in [5.41, 5.74) is 3.66. The summed E-state index contributed by atoms with van der Waals surface area (Å²) in [7, 11) is 0. The van der Waals surface area contributed by atoms with Gasteiger partial charge in [0.2, 0.25) is 0 Å². The molecule has 0 fully saturated rings. The van der Waals surface area contributed by atoms with Crippen molar-refractivity contribution in [3.8, 4) is 0 Å². The summed E-state index contributed by atoms with van der Waals surface area (Å²) in [6.07, 6.45) is 4.93. The van der Waals surface area contributed by atoms with Gasteiger partial charge in [0, 0.05) is 24.7 Å². The number of carbonyl (C=O) groups excluding carboxylic acids is 2. The van der Waals surface area contributed by atoms with E-state index in [0.717, 1.165) is 11.1 Å². The molecule has 0 spiro atoms. The smallest absolute Gasteiger partial charge is 0.272 e. The average molecular weight is 385 g/mol. The van der Waals surface area contributed by atoms with Crippen LogP contribution in [0, 0.1) is 6.92 Å². The minimum Gasteiger partial charge on any atom is -0.340 e. The number of amides is 1. The van der Waals surface area contributed by atoms with Crippen LogP contribution in [0.1, 0.15) is 50.6 Å². The lowest BCUT2D eigenvalue weighted by molar-refractivity contribution is 0.0937. The number of aromatic nitrogens is 4. The summed E-state index contributed by atoms with van der Waals surface area (Å²) in [4.78, 5) is 33.2. The van der Waals surface area contributed by atoms with E-state index in [9.17, 15) is 9.59 Å². The molecule has 0 aliphatic heterocycles. The monoisotopic (exact) mass is 385 g/mol. The summed E-state index contributed by atoms with van der Waals surface area (Å²) >= 11 is 0. The largest absolute Gasteiger partial charge is 0.340 e. The molecule has 0 aliphatic carbocycles. The predicted octanol–water partition coefficient (Wildman–Crippen LogP) is 3.15. The Balaban J connectivity index is 1.69. The van der Waals surface area contributed by atoms with Crippen molar-refractivity contribution in [3.63, 3.8) is 0 Å². The van der Waals surface area contributed by atoms with Crippen molar-refractivity contribution in [1.82, 2.24) is 24.9 Å². The fourth-order valence-corrected chi connectivity index (χ4v) is 3.26. The average Bonchev–Trinajstić information content (AvgIpc) is 3.19. The quantitative estimate of drug-likeness (QED) is 0.533. The third kappa shape index (κ3) is 3.62. The summed E-state index contributed by atoms with van der Waals surface area (Å²) < 4.78 is 1.52. The van der Waals surface area contributed by atoms with Crippen molar-refractivity contribution in [2.45, 2.75) is 19.9 Å². The van der Waals surface area contributed by atoms with Crippen LogP contribution in [-0.2, 0) is 0 Å². The van der Waals surface area contributed by atoms with Gasteiger partial charge >= 0.3 is 0 Å². The van der Waals surface area contributed by atoms with Gasteiger partial charge in [-0.1, -0.05) is 36.4 Å². The number of Topliss-reactive ketones (excluding diaryl/α,β-unsaturated/α-hetero) is 1. The van der Waals surface area contributed by atoms with Crippen LogP contribution in [-0.4, -0.2) is 31.3 Å². The normalized spacial score (nSPS) is 11.9. The first-order valence-electron chi connectivity index (χ1n) is 9.16. The molecule has 7 nitrogen and oxygen atoms in total. The van der Waals surface area contributed by atoms with Crippen molar-refractivity contribution in [2.24, 2.45) is 0 Å². The van der Waals surface area contributed by atoms with Crippen molar-refractivity contribution in [2.75, 3.05) is 0 Å². The van der Waals surface area contributed by atoms with Gasteiger partial charge in [0.1, 0.15) is 0 Å². The van der Waals surface area contributed by atoms with Crippen LogP contribution in [0.2, 0.25) is 0 Å². The molecular weight excluding hydrogens is 366 g/mol. The zero-order valence-electron chi connectivity index (χ0n) is 16.0. The summed E-state index contributed by atoms with van der Waals surface area (Å²) in [5.74, 6) is -0.434. The third-order valence-electron chi connectivity index (χ3n) is 4.76. The number of hydrogen-bond acceptors (Lipinski definition) is 5. The SMILES string of the molecule is CC(=O)c1cnc2cc(C(=O)NC(c3ccccc3)c3cccnc3)nn2c1C. The Morgan fingerprint density at radius 3 is 2.48 bits per heavy atom. The summed E-state index contributed by atoms with van der Waals surface area (Å²) in [6, 6.07) is 14.7. The molecule has 0 radical (unpaired) electrons. The number of hydrogen-bond donors (Lipinski definition) is 1. The maximum atomic E-state index is 13.0. The Kier molecular flexibility index (Phi) is 4.87. The number of ketones is 1. The maximum Gasteiger partial charge on any atom is 0.272 e. The van der Waals surface area contributed by atoms with Crippen molar-refractivity contribution < 1.29 is 9.59 Å². The van der Waals surface area contributed by atoms with Gasteiger partial charge in [-0.15, -0.1) is 0 Å². The lowest BCUT2D eigenvalue weighted by atomic mass is 10.00. The number of rotatable bonds is 5. The second kappa shape index (κ2) is 7.63. The molecule has 1 amide bonds. The molecule has 1 N–H and O–H groups in total. The molecule has 7 heteroatoms. The highest BCUT2D eigenvalue weighted by molar-refractivity contribution is 5.96. The molecule has 0 saturated carbocycles. The first kappa shape index (κ1) is 18.5. The number of pyridine rings is 1. The maximum absolute atomic E-state index is 13.0. The van der Waals surface area contributed by atoms with Gasteiger partial charge in [-0.3, -0.25) is 14.6 Å². The zero-order chi connectivity index (χ0) is 20.4. The second-order valence-electron chi connectivity index (χ2n) is 6.72. The third-order valence-corrected chi connectivity index (χ3v) is 4.76. The van der Waals surface area contributed by atoms with E-state index >= 15 is 0 Å². The molecule has 0 bridgehead atoms. The standard InChI is InChI=1S/C22H19N5O2/c1-14-18(15(2)28)13-24-20-11-19(26-27(14)20)22(29)25-21(16-7-4-3-5-8-16)17-9-6-10-23-12-17/h3-13,21H,1-2H3,(H,25,29). The number of benzene rings is 1. The molecule has 144 valence electrons. The van der Waals surface area contributed by atoms with Crippen molar-refractivity contribution in [1.29, 1.82) is 0 Å². The van der Waals surface area contributed by atoms with Crippen LogP contribution in [0.5, 0.6) is 0 Å². The van der Waals surface area contributed by atoms with Gasteiger partial charge in [-0.2, -0.15) is 5.10 Å². The van der Waals surface area contributed by atoms with Crippen LogP contribution in [0.3, 0.4) is 0 Å². The van der Waals surface area contributed by atoms with Gasteiger partial charge in [-0.25, -0.2) is 9.50 Å². The first-order valence-corrected chi connectivity index (χ1v) is 9.16. The number of aryl methyl sites for hydroxylation is 1. The Bertz CT molecular complexity index is 1150. The molecule has 4 rings (SSSR count). The fourth-order valence-electron chi connectivity index (χ4n) is 3.26. The predicted molar refractivity (Wildman–Crippen MR) is 108 cm³/mol. The van der Waals surface area contributed by atoms with E-state index in [-0.39, 0.29) is 23.4 Å². The topological polar surface area (TPSA) is 89.2 Å². The van der Waals surface area contributed by atoms with E-state index < -0.39 is 0 Å². The number of carbonyl (C=O) groups is 2. The van der Waals surface area contributed by atoms with Crippen LogP contribution in [0.15, 0.2) is 67.1 Å². The second-order valence-corrected chi connectivity index (χ2v) is 6.72. The highest BCUT2D eigenvalue weighted by Gasteiger charge is 2.21. The van der Waals surface area contributed by atoms with Crippen LogP contribution in [0.25, 0.3) is 5.65 Å². The molecule has 1 unspecified atom stereocenters. The van der Waals surface area contributed by atoms with Crippen LogP contribution in [0.4, 0.5) is 0 Å². The molecule has 0 saturated heterocycles. The number of nitrogens with one attached hydrogen (secondary N) is 1. The first-order chi connectivity index (χ1) is 14.0. The zero-order valence-corrected chi connectivity index (χ0v) is 16.0. The molecule has 1 aromatic carbocycles. The van der Waals surface area contributed by atoms with E-state index in [1.165, 1.54) is 17.6 Å². The molecule has 3 aromatic heterocycles. The molecule has 29 heavy (non-hydrogen) atoms. The molecule has 1 atom stereocenters. The van der Waals surface area contributed by atoms with Crippen LogP contribution < -0.4 is 5.32 Å². The minimum atomic E-state index is -0.371. The lowest BCUT2D eigenvalue weighted by Gasteiger charge is -2.18. The lowest BCUT2D eigenvalue weighted by Crippen LogP contribution is -2.29. The van der Waals surface area contributed by atoms with Gasteiger partial charge in [0.25, 0.3) is 5.91 Å². The highest BCUT2D eigenvalue weighted by atomic mass is 16.2. The van der Waals surface area contributed by atoms with Gasteiger partial charge in [-0.05, 0) is 31.0 Å². The number of fused-ring (bicyclic) bond motifs is 1. The van der Waals surface area contributed by atoms with E-state index in [1.807, 2.05) is 42.5 Å². The van der Waals surface area contributed by atoms with E-state index in [0.29, 0.717) is 16.9 Å². The van der Waals surface area contributed by atoms with E-state index in [2.05, 4.69) is 20.4 Å². The van der Waals surface area contributed by atoms with E-state index in [4.69, 9.17) is 0 Å². The molecular formula is C22H19N5O2. The molecule has 3 heterocycles. The van der Waals surface area contributed by atoms with Crippen LogP contribution >= 0.6 is 0 Å². The Labute approximate surface area is 167 Å². The highest BCUT2D eigenvalue weighted by Crippen LogP contribution is 2.22. The molecule has 4 aromatic rings. The Morgan fingerprint density at radius 2 is 1.79 bits per heavy atom. The van der Waals surface area contributed by atoms with E-state index in [1.54, 1.807) is 25.4 Å². The van der Waals surface area contributed by atoms with Crippen molar-refractivity contribution in [3.05, 3.63) is 95.2 Å². The Hall–Kier alpha value is -3.87. The van der Waals surface area contributed by atoms with Gasteiger partial charge in [0.05, 0.1) is 17.3 Å². The Morgan fingerprint density at radius 1 is 1.03 bits per heavy atom. The fraction of sp³-hybridized carbons (Fsp3) is 0.136. The van der Waals surface area contributed by atoms with Crippen molar-refractivity contribution >= 4 is 17.3 Å². The van der Waals surface area contributed by atoms with Gasteiger partial charge in [0.15, 0.2) is 17.1 Å². The minimum absolute atomic E-state index is 0.0980. The summed E-state index contributed by atoms with van der Waals surface area (Å²) in [6.45, 7) is 3.26. The van der Waals surface area contributed by atoms with Gasteiger partial charge < -0.3 is 5.32 Å². The number of nitrogens with zero attached hydrogens (tertiary/aromatic N) is 4.